The van der Waals surface area contributed by atoms with Crippen molar-refractivity contribution in [2.24, 2.45) is 0 Å². The molecule has 2 atom stereocenters. The number of hydrogen-bond donors (Lipinski definition) is 1. The molecule has 1 fully saturated rings. The third-order valence-electron chi connectivity index (χ3n) is 4.28. The van der Waals surface area contributed by atoms with Gasteiger partial charge >= 0.3 is 0 Å². The molecule has 117 valence electrons. The van der Waals surface area contributed by atoms with Crippen LogP contribution in [0.25, 0.3) is 11.0 Å². The number of anilines is 1. The molecular weight excluding hydrogens is 370 g/mol. The highest BCUT2D eigenvalue weighted by Gasteiger charge is 2.30. The lowest BCUT2D eigenvalue weighted by Crippen LogP contribution is -2.41. The van der Waals surface area contributed by atoms with Crippen LogP contribution in [0.3, 0.4) is 0 Å². The minimum atomic E-state index is 0.365. The van der Waals surface area contributed by atoms with Crippen LogP contribution in [0.15, 0.2) is 53.3 Å². The molecule has 3 aromatic rings. The average Bonchev–Trinajstić information content (AvgIpc) is 3.03. The van der Waals surface area contributed by atoms with E-state index in [4.69, 9.17) is 0 Å². The van der Waals surface area contributed by atoms with Crippen LogP contribution in [-0.2, 0) is 0 Å². The van der Waals surface area contributed by atoms with E-state index < -0.39 is 0 Å². The molecule has 23 heavy (non-hydrogen) atoms. The van der Waals surface area contributed by atoms with Crippen molar-refractivity contribution in [3.63, 3.8) is 0 Å². The van der Waals surface area contributed by atoms with Crippen LogP contribution in [-0.4, -0.2) is 21.8 Å². The molecule has 4 rings (SSSR count). The Bertz CT molecular complexity index is 815. The summed E-state index contributed by atoms with van der Waals surface area (Å²) in [6.07, 6.45) is 1.75. The van der Waals surface area contributed by atoms with Gasteiger partial charge in [-0.1, -0.05) is 28.1 Å². The molecular formula is C18H17BrN3S. The van der Waals surface area contributed by atoms with Gasteiger partial charge in [0.25, 0.3) is 0 Å². The summed E-state index contributed by atoms with van der Waals surface area (Å²) in [5.41, 5.74) is 4.67. The Hall–Kier alpha value is -1.46. The van der Waals surface area contributed by atoms with Crippen molar-refractivity contribution in [3.05, 3.63) is 64.6 Å². The van der Waals surface area contributed by atoms with Crippen LogP contribution < -0.4 is 4.90 Å². The molecule has 1 aromatic heterocycles. The first-order valence-corrected chi connectivity index (χ1v) is 9.48. The quantitative estimate of drug-likeness (QED) is 0.658. The molecule has 1 N–H and O–H groups in total. The average molecular weight is 387 g/mol. The van der Waals surface area contributed by atoms with E-state index in [1.165, 1.54) is 11.3 Å². The number of aromatic amines is 1. The second-order valence-electron chi connectivity index (χ2n) is 5.79. The Morgan fingerprint density at radius 2 is 2.04 bits per heavy atom. The summed E-state index contributed by atoms with van der Waals surface area (Å²) in [5, 5.41) is 0. The third kappa shape index (κ3) is 2.88. The Balaban J connectivity index is 1.75. The second-order valence-corrected chi connectivity index (χ2v) is 7.64. The Kier molecular flexibility index (Phi) is 4.07. The van der Waals surface area contributed by atoms with Crippen LogP contribution >= 0.6 is 27.7 Å². The normalized spacial score (nSPS) is 21.7. The number of hydrogen-bond acceptors (Lipinski definition) is 3. The van der Waals surface area contributed by atoms with Crippen molar-refractivity contribution < 1.29 is 0 Å². The molecule has 1 aliphatic heterocycles. The first-order chi connectivity index (χ1) is 11.2. The Labute approximate surface area is 148 Å². The number of halogens is 1. The van der Waals surface area contributed by atoms with E-state index in [1.54, 1.807) is 6.33 Å². The third-order valence-corrected chi connectivity index (χ3v) is 5.90. The zero-order chi connectivity index (χ0) is 15.8. The standard InChI is InChI=1S/C18H17BrN3S/c1-12-9-23-10-18(13-2-4-14(19)5-3-13)22(12)15-6-7-16-17(8-15)21-11-20-16/h2-9,11-12,18H,10H2,1H3,(H,20,21). The van der Waals surface area contributed by atoms with E-state index in [1.807, 2.05) is 11.8 Å². The predicted octanol–water partition coefficient (Wildman–Crippen LogP) is 5.17. The summed E-state index contributed by atoms with van der Waals surface area (Å²) in [7, 11) is 0. The topological polar surface area (TPSA) is 31.9 Å². The van der Waals surface area contributed by atoms with Crippen molar-refractivity contribution in [3.8, 4) is 0 Å². The van der Waals surface area contributed by atoms with Crippen molar-refractivity contribution in [1.29, 1.82) is 0 Å². The van der Waals surface area contributed by atoms with Gasteiger partial charge in [0, 0.05) is 27.7 Å². The van der Waals surface area contributed by atoms with Gasteiger partial charge in [-0.2, -0.15) is 11.8 Å². The minimum absolute atomic E-state index is 0.365. The fourth-order valence-electron chi connectivity index (χ4n) is 3.15. The number of aromatic nitrogens is 2. The van der Waals surface area contributed by atoms with Gasteiger partial charge in [-0.15, -0.1) is 0 Å². The summed E-state index contributed by atoms with van der Waals surface area (Å²) in [6, 6.07) is 15.9. The van der Waals surface area contributed by atoms with E-state index in [0.717, 1.165) is 21.3 Å². The number of imidazole rings is 1. The van der Waals surface area contributed by atoms with Crippen molar-refractivity contribution in [2.45, 2.75) is 19.0 Å². The summed E-state index contributed by atoms with van der Waals surface area (Å²) >= 11 is 5.44. The highest BCUT2D eigenvalue weighted by molar-refractivity contribution is 9.10. The highest BCUT2D eigenvalue weighted by atomic mass is 79.9. The summed E-state index contributed by atoms with van der Waals surface area (Å²) in [6.45, 7) is 2.26. The fraction of sp³-hybridized carbons (Fsp3) is 0.222. The van der Waals surface area contributed by atoms with Gasteiger partial charge in [0.15, 0.2) is 0 Å². The molecule has 2 unspecified atom stereocenters. The Morgan fingerprint density at radius 3 is 2.87 bits per heavy atom. The number of rotatable bonds is 2. The van der Waals surface area contributed by atoms with Crippen LogP contribution in [0, 0.1) is 5.75 Å². The molecule has 1 aliphatic rings. The zero-order valence-electron chi connectivity index (χ0n) is 12.7. The molecule has 2 aromatic carbocycles. The maximum absolute atomic E-state index is 4.40. The van der Waals surface area contributed by atoms with Crippen LogP contribution in [0.5, 0.6) is 0 Å². The lowest BCUT2D eigenvalue weighted by molar-refractivity contribution is 0.617. The van der Waals surface area contributed by atoms with Gasteiger partial charge in [0.1, 0.15) is 0 Å². The van der Waals surface area contributed by atoms with Crippen molar-refractivity contribution >= 4 is 44.4 Å². The molecule has 3 nitrogen and oxygen atoms in total. The molecule has 1 saturated heterocycles. The maximum atomic E-state index is 4.40. The van der Waals surface area contributed by atoms with Gasteiger partial charge in [-0.3, -0.25) is 0 Å². The van der Waals surface area contributed by atoms with E-state index in [9.17, 15) is 0 Å². The zero-order valence-corrected chi connectivity index (χ0v) is 15.1. The molecule has 0 aliphatic carbocycles. The number of nitrogens with one attached hydrogen (secondary N) is 1. The number of nitrogens with zero attached hydrogens (tertiary/aromatic N) is 2. The smallest absolute Gasteiger partial charge is 0.0931 e. The molecule has 0 amide bonds. The second kappa shape index (κ2) is 6.21. The van der Waals surface area contributed by atoms with Gasteiger partial charge in [-0.25, -0.2) is 4.98 Å². The molecule has 0 bridgehead atoms. The van der Waals surface area contributed by atoms with E-state index in [2.05, 4.69) is 85.9 Å². The van der Waals surface area contributed by atoms with Gasteiger partial charge < -0.3 is 9.88 Å². The number of H-pyrrole nitrogens is 1. The molecule has 5 heteroatoms. The highest BCUT2D eigenvalue weighted by Crippen LogP contribution is 2.39. The van der Waals surface area contributed by atoms with Crippen LogP contribution in [0.2, 0.25) is 0 Å². The molecule has 1 radical (unpaired) electrons. The Morgan fingerprint density at radius 1 is 1.22 bits per heavy atom. The predicted molar refractivity (Wildman–Crippen MR) is 102 cm³/mol. The summed E-state index contributed by atoms with van der Waals surface area (Å²) in [4.78, 5) is 10.1. The van der Waals surface area contributed by atoms with E-state index in [-0.39, 0.29) is 0 Å². The van der Waals surface area contributed by atoms with Crippen molar-refractivity contribution in [1.82, 2.24) is 9.97 Å². The SMILES string of the molecule is CC1[CH]SCC(c2ccc(Br)cc2)N1c1ccc2[nH]cnc2c1. The van der Waals surface area contributed by atoms with Crippen molar-refractivity contribution in [2.75, 3.05) is 10.7 Å². The number of fused-ring (bicyclic) bond motifs is 1. The van der Waals surface area contributed by atoms with Gasteiger partial charge in [-0.05, 0) is 42.8 Å². The summed E-state index contributed by atoms with van der Waals surface area (Å²) in [5.74, 6) is 3.38. The minimum Gasteiger partial charge on any atom is -0.360 e. The molecule has 0 saturated carbocycles. The monoisotopic (exact) mass is 386 g/mol. The van der Waals surface area contributed by atoms with Gasteiger partial charge in [0.05, 0.1) is 23.4 Å². The first kappa shape index (κ1) is 15.1. The van der Waals surface area contributed by atoms with Gasteiger partial charge in [0.2, 0.25) is 0 Å². The maximum Gasteiger partial charge on any atom is 0.0931 e. The number of thioether (sulfide) groups is 1. The van der Waals surface area contributed by atoms with E-state index >= 15 is 0 Å². The summed E-state index contributed by atoms with van der Waals surface area (Å²) < 4.78 is 1.12. The largest absolute Gasteiger partial charge is 0.360 e. The van der Waals surface area contributed by atoms with Crippen LogP contribution in [0.1, 0.15) is 18.5 Å². The lowest BCUT2D eigenvalue weighted by atomic mass is 10.0. The fourth-order valence-corrected chi connectivity index (χ4v) is 4.47. The number of benzene rings is 2. The van der Waals surface area contributed by atoms with Crippen LogP contribution in [0.4, 0.5) is 5.69 Å². The molecule has 0 spiro atoms. The van der Waals surface area contributed by atoms with E-state index in [0.29, 0.717) is 12.1 Å². The molecule has 2 heterocycles. The first-order valence-electron chi connectivity index (χ1n) is 7.64. The lowest BCUT2D eigenvalue weighted by Gasteiger charge is -2.42.